The lowest BCUT2D eigenvalue weighted by molar-refractivity contribution is -0.123. The predicted octanol–water partition coefficient (Wildman–Crippen LogP) is 4.71. The monoisotopic (exact) mass is 428 g/mol. The Morgan fingerprint density at radius 3 is 2.53 bits per heavy atom. The molecule has 164 valence electrons. The van der Waals surface area contributed by atoms with E-state index in [9.17, 15) is 9.59 Å². The zero-order valence-corrected chi connectivity index (χ0v) is 19.2. The van der Waals surface area contributed by atoms with Crippen molar-refractivity contribution in [2.75, 3.05) is 23.4 Å². The maximum absolute atomic E-state index is 13.6. The number of rotatable bonds is 3. The highest BCUT2D eigenvalue weighted by Gasteiger charge is 2.52. The van der Waals surface area contributed by atoms with Crippen LogP contribution in [0.4, 0.5) is 16.2 Å². The number of hydrogen-bond acceptors (Lipinski definition) is 4. The molecule has 3 aromatic rings. The van der Waals surface area contributed by atoms with Crippen molar-refractivity contribution in [3.05, 3.63) is 65.9 Å². The Bertz CT molecular complexity index is 1260. The summed E-state index contributed by atoms with van der Waals surface area (Å²) >= 11 is 0. The van der Waals surface area contributed by atoms with Gasteiger partial charge in [-0.2, -0.15) is 0 Å². The molecular weight excluding hydrogens is 400 g/mol. The van der Waals surface area contributed by atoms with Gasteiger partial charge >= 0.3 is 6.03 Å². The number of benzene rings is 2. The van der Waals surface area contributed by atoms with Gasteiger partial charge in [-0.1, -0.05) is 38.1 Å². The van der Waals surface area contributed by atoms with Gasteiger partial charge in [0, 0.05) is 42.8 Å². The zero-order chi connectivity index (χ0) is 22.8. The van der Waals surface area contributed by atoms with Gasteiger partial charge in [-0.3, -0.25) is 9.78 Å². The number of fused-ring (bicyclic) bond motifs is 2. The molecule has 3 heterocycles. The summed E-state index contributed by atoms with van der Waals surface area (Å²) in [5.41, 5.74) is 3.87. The Labute approximate surface area is 188 Å². The minimum atomic E-state index is -0.953. The van der Waals surface area contributed by atoms with Crippen molar-refractivity contribution in [1.29, 1.82) is 0 Å². The quantitative estimate of drug-likeness (QED) is 0.567. The number of para-hydroxylation sites is 1. The average Bonchev–Trinajstić information content (AvgIpc) is 3.08. The van der Waals surface area contributed by atoms with E-state index >= 15 is 0 Å². The Hall–Kier alpha value is -3.41. The van der Waals surface area contributed by atoms with Crippen LogP contribution < -0.4 is 9.80 Å². The van der Waals surface area contributed by atoms with Crippen molar-refractivity contribution < 1.29 is 9.59 Å². The smallest absolute Gasteiger partial charge is 0.332 e. The van der Waals surface area contributed by atoms with E-state index in [2.05, 4.69) is 36.8 Å². The molecule has 5 rings (SSSR count). The fourth-order valence-corrected chi connectivity index (χ4v) is 5.10. The van der Waals surface area contributed by atoms with Crippen molar-refractivity contribution in [2.45, 2.75) is 45.2 Å². The van der Waals surface area contributed by atoms with Gasteiger partial charge in [-0.05, 0) is 49.2 Å². The van der Waals surface area contributed by atoms with E-state index < -0.39 is 5.54 Å². The molecular formula is C26H28N4O2. The molecule has 32 heavy (non-hydrogen) atoms. The van der Waals surface area contributed by atoms with Gasteiger partial charge in [0.05, 0.1) is 11.2 Å². The van der Waals surface area contributed by atoms with E-state index in [1.165, 1.54) is 10.5 Å². The Morgan fingerprint density at radius 1 is 1.00 bits per heavy atom. The molecule has 0 bridgehead atoms. The van der Waals surface area contributed by atoms with E-state index in [4.69, 9.17) is 0 Å². The van der Waals surface area contributed by atoms with Crippen LogP contribution in [0.3, 0.4) is 0 Å². The summed E-state index contributed by atoms with van der Waals surface area (Å²) in [5, 5.41) is 0.992. The highest BCUT2D eigenvalue weighted by atomic mass is 16.2. The van der Waals surface area contributed by atoms with Crippen LogP contribution in [0.15, 0.2) is 54.7 Å². The summed E-state index contributed by atoms with van der Waals surface area (Å²) in [5.74, 6) is -0.208. The molecule has 0 aliphatic carbocycles. The van der Waals surface area contributed by atoms with Gasteiger partial charge in [0.15, 0.2) is 0 Å². The van der Waals surface area contributed by atoms with Crippen LogP contribution in [0.1, 0.15) is 38.8 Å². The van der Waals surface area contributed by atoms with Gasteiger partial charge in [-0.25, -0.2) is 9.69 Å². The summed E-state index contributed by atoms with van der Waals surface area (Å²) in [7, 11) is 2.05. The molecule has 0 spiro atoms. The number of carbonyl (C=O) groups is 2. The number of anilines is 2. The molecule has 2 aliphatic rings. The van der Waals surface area contributed by atoms with Crippen LogP contribution in [-0.4, -0.2) is 41.0 Å². The third-order valence-corrected chi connectivity index (χ3v) is 6.90. The standard InChI is InChI=1S/C26H28N4O2/c1-25(2)16-28(5)22-14-18(10-11-20(22)25)30-23(31)26(3,4)29(24(30)32)15-17-12-13-27-21-9-7-6-8-19(17)21/h6-14H,15-16H2,1-5H3. The highest BCUT2D eigenvalue weighted by Crippen LogP contribution is 2.43. The summed E-state index contributed by atoms with van der Waals surface area (Å²) in [6.45, 7) is 9.31. The number of pyridine rings is 1. The number of carbonyl (C=O) groups excluding carboxylic acids is 2. The number of hydrogen-bond donors (Lipinski definition) is 0. The van der Waals surface area contributed by atoms with Crippen LogP contribution in [0.2, 0.25) is 0 Å². The second-order valence-electron chi connectivity index (χ2n) is 10.00. The number of urea groups is 1. The van der Waals surface area contributed by atoms with Crippen molar-refractivity contribution in [3.63, 3.8) is 0 Å². The SMILES string of the molecule is CN1CC(C)(C)c2ccc(N3C(=O)N(Cc4ccnc5ccccc45)C(C)(C)C3=O)cc21. The van der Waals surface area contributed by atoms with E-state index in [0.29, 0.717) is 12.2 Å². The third kappa shape index (κ3) is 2.89. The highest BCUT2D eigenvalue weighted by molar-refractivity contribution is 6.23. The normalized spacial score (nSPS) is 19.2. The second kappa shape index (κ2) is 6.79. The molecule has 0 radical (unpaired) electrons. The molecule has 2 aliphatic heterocycles. The van der Waals surface area contributed by atoms with Gasteiger partial charge in [0.1, 0.15) is 5.54 Å². The molecule has 6 heteroatoms. The lowest BCUT2D eigenvalue weighted by Gasteiger charge is -2.28. The number of amides is 3. The Morgan fingerprint density at radius 2 is 1.75 bits per heavy atom. The number of nitrogens with zero attached hydrogens (tertiary/aromatic N) is 4. The van der Waals surface area contributed by atoms with Gasteiger partial charge in [-0.15, -0.1) is 0 Å². The topological polar surface area (TPSA) is 56.8 Å². The Kier molecular flexibility index (Phi) is 4.35. The van der Waals surface area contributed by atoms with E-state index in [1.54, 1.807) is 11.1 Å². The Balaban J connectivity index is 1.53. The minimum Gasteiger partial charge on any atom is -0.373 e. The molecule has 6 nitrogen and oxygen atoms in total. The maximum atomic E-state index is 13.6. The van der Waals surface area contributed by atoms with E-state index in [-0.39, 0.29) is 17.4 Å². The second-order valence-corrected chi connectivity index (χ2v) is 10.00. The lowest BCUT2D eigenvalue weighted by atomic mass is 9.87. The van der Waals surface area contributed by atoms with Crippen molar-refractivity contribution >= 4 is 34.2 Å². The van der Waals surface area contributed by atoms with Crippen LogP contribution >= 0.6 is 0 Å². The van der Waals surface area contributed by atoms with Crippen molar-refractivity contribution in [2.24, 2.45) is 0 Å². The van der Waals surface area contributed by atoms with Gasteiger partial charge in [0.2, 0.25) is 0 Å². The first-order valence-corrected chi connectivity index (χ1v) is 11.0. The lowest BCUT2D eigenvalue weighted by Crippen LogP contribution is -2.43. The first-order valence-electron chi connectivity index (χ1n) is 11.0. The predicted molar refractivity (Wildman–Crippen MR) is 127 cm³/mol. The maximum Gasteiger partial charge on any atom is 0.332 e. The van der Waals surface area contributed by atoms with Crippen molar-refractivity contribution in [3.8, 4) is 0 Å². The van der Waals surface area contributed by atoms with E-state index in [0.717, 1.165) is 28.7 Å². The van der Waals surface area contributed by atoms with Gasteiger partial charge < -0.3 is 9.80 Å². The average molecular weight is 429 g/mol. The minimum absolute atomic E-state index is 0.0371. The number of likely N-dealkylation sites (N-methyl/N-ethyl adjacent to an activating group) is 1. The molecule has 0 N–H and O–H groups in total. The van der Waals surface area contributed by atoms with Crippen LogP contribution in [-0.2, 0) is 16.8 Å². The fraction of sp³-hybridized carbons (Fsp3) is 0.346. The summed E-state index contributed by atoms with van der Waals surface area (Å²) < 4.78 is 0. The summed E-state index contributed by atoms with van der Waals surface area (Å²) in [6.07, 6.45) is 1.75. The molecule has 0 atom stereocenters. The van der Waals surface area contributed by atoms with Crippen LogP contribution in [0.5, 0.6) is 0 Å². The summed E-state index contributed by atoms with van der Waals surface area (Å²) in [4.78, 5) is 36.6. The number of aromatic nitrogens is 1. The third-order valence-electron chi connectivity index (χ3n) is 6.90. The van der Waals surface area contributed by atoms with Gasteiger partial charge in [0.25, 0.3) is 5.91 Å². The van der Waals surface area contributed by atoms with Crippen molar-refractivity contribution in [1.82, 2.24) is 9.88 Å². The largest absolute Gasteiger partial charge is 0.373 e. The van der Waals surface area contributed by atoms with Crippen LogP contribution in [0.25, 0.3) is 10.9 Å². The molecule has 3 amide bonds. The number of imide groups is 1. The molecule has 0 saturated carbocycles. The molecule has 1 aromatic heterocycles. The van der Waals surface area contributed by atoms with Crippen LogP contribution in [0, 0.1) is 0 Å². The molecule has 2 aromatic carbocycles. The molecule has 1 saturated heterocycles. The first kappa shape index (κ1) is 20.5. The summed E-state index contributed by atoms with van der Waals surface area (Å²) in [6, 6.07) is 15.4. The molecule has 1 fully saturated rings. The fourth-order valence-electron chi connectivity index (χ4n) is 5.10. The van der Waals surface area contributed by atoms with E-state index in [1.807, 2.05) is 56.3 Å². The zero-order valence-electron chi connectivity index (χ0n) is 19.2. The first-order chi connectivity index (χ1) is 15.1. The molecule has 0 unspecified atom stereocenters.